The molecule has 13 heteroatoms. The van der Waals surface area contributed by atoms with Crippen molar-refractivity contribution < 1.29 is 28.8 Å². The minimum Gasteiger partial charge on any atom is -0.462 e. The van der Waals surface area contributed by atoms with Gasteiger partial charge in [0, 0.05) is 37.4 Å². The van der Waals surface area contributed by atoms with Crippen molar-refractivity contribution in [3.8, 4) is 0 Å². The van der Waals surface area contributed by atoms with E-state index < -0.39 is 18.2 Å². The van der Waals surface area contributed by atoms with E-state index in [1.165, 1.54) is 6.42 Å². The van der Waals surface area contributed by atoms with Gasteiger partial charge < -0.3 is 35.3 Å². The molecule has 2 aliphatic rings. The summed E-state index contributed by atoms with van der Waals surface area (Å²) in [4.78, 5) is 57.1. The van der Waals surface area contributed by atoms with Crippen molar-refractivity contribution in [2.75, 3.05) is 45.2 Å². The Morgan fingerprint density at radius 1 is 1.03 bits per heavy atom. The molecule has 0 unspecified atom stereocenters. The summed E-state index contributed by atoms with van der Waals surface area (Å²) in [6.07, 6.45) is 4.92. The van der Waals surface area contributed by atoms with E-state index >= 15 is 0 Å². The largest absolute Gasteiger partial charge is 0.462 e. The van der Waals surface area contributed by atoms with E-state index in [0.717, 1.165) is 25.7 Å². The van der Waals surface area contributed by atoms with Crippen LogP contribution in [0.5, 0.6) is 0 Å². The summed E-state index contributed by atoms with van der Waals surface area (Å²) in [6, 6.07) is 5.43. The first kappa shape index (κ1) is 29.7. The zero-order valence-electron chi connectivity index (χ0n) is 22.6. The molecule has 4 amide bonds. The maximum atomic E-state index is 12.9. The summed E-state index contributed by atoms with van der Waals surface area (Å²) in [5, 5.41) is 15.9. The number of likely N-dealkylation sites (N-methyl/N-ethyl adjacent to an activating group) is 1. The van der Waals surface area contributed by atoms with Crippen LogP contribution in [0.15, 0.2) is 24.3 Å². The fraction of sp³-hybridized carbons (Fsp3) is 0.577. The van der Waals surface area contributed by atoms with Crippen molar-refractivity contribution in [1.29, 1.82) is 5.41 Å². The van der Waals surface area contributed by atoms with Gasteiger partial charge >= 0.3 is 18.1 Å². The first-order valence-corrected chi connectivity index (χ1v) is 13.3. The molecule has 13 nitrogen and oxygen atoms in total. The minimum absolute atomic E-state index is 0.0176. The lowest BCUT2D eigenvalue weighted by Gasteiger charge is -2.21. The molecular formula is C26H39N7O6. The monoisotopic (exact) mass is 545 g/mol. The third-order valence-corrected chi connectivity index (χ3v) is 6.52. The Balaban J connectivity index is 1.37. The lowest BCUT2D eigenvalue weighted by molar-refractivity contribution is -0.150. The summed E-state index contributed by atoms with van der Waals surface area (Å²) in [7, 11) is 3.77. The van der Waals surface area contributed by atoms with Crippen LogP contribution in [0, 0.1) is 5.41 Å². The predicted molar refractivity (Wildman–Crippen MR) is 144 cm³/mol. The van der Waals surface area contributed by atoms with E-state index in [1.54, 1.807) is 29.2 Å². The molecule has 1 aromatic rings. The highest BCUT2D eigenvalue weighted by molar-refractivity contribution is 6.02. The van der Waals surface area contributed by atoms with E-state index in [1.807, 2.05) is 19.0 Å². The third-order valence-electron chi connectivity index (χ3n) is 6.52. The quantitative estimate of drug-likeness (QED) is 0.128. The van der Waals surface area contributed by atoms with Crippen LogP contribution in [0.2, 0.25) is 0 Å². The molecule has 1 heterocycles. The highest BCUT2D eigenvalue weighted by Crippen LogP contribution is 2.22. The number of hydrogen-bond donors (Lipinski definition) is 5. The Bertz CT molecular complexity index is 1010. The normalized spacial score (nSPS) is 17.5. The lowest BCUT2D eigenvalue weighted by atomic mass is 9.98. The van der Waals surface area contributed by atoms with Crippen molar-refractivity contribution in [2.24, 2.45) is 0 Å². The Morgan fingerprint density at radius 3 is 2.44 bits per heavy atom. The number of carbonyl (C=O) groups excluding carboxylic acids is 4. The van der Waals surface area contributed by atoms with Crippen LogP contribution in [-0.2, 0) is 19.2 Å². The van der Waals surface area contributed by atoms with E-state index in [4.69, 9.17) is 15.0 Å². The summed E-state index contributed by atoms with van der Waals surface area (Å²) >= 11 is 0. The molecule has 1 atom stereocenters. The number of hydroxylamine groups is 1. The third kappa shape index (κ3) is 9.74. The average Bonchev–Trinajstić information content (AvgIpc) is 3.27. The van der Waals surface area contributed by atoms with Crippen LogP contribution in [-0.4, -0.2) is 87.2 Å². The predicted octanol–water partition coefficient (Wildman–Crippen LogP) is 1.47. The Morgan fingerprint density at radius 2 is 1.74 bits per heavy atom. The summed E-state index contributed by atoms with van der Waals surface area (Å²) in [6.45, 7) is 1.61. The van der Waals surface area contributed by atoms with Gasteiger partial charge in [0.2, 0.25) is 5.91 Å². The molecule has 1 saturated carbocycles. The molecule has 39 heavy (non-hydrogen) atoms. The van der Waals surface area contributed by atoms with Gasteiger partial charge in [0.15, 0.2) is 5.84 Å². The van der Waals surface area contributed by atoms with Crippen LogP contribution in [0.25, 0.3) is 0 Å². The van der Waals surface area contributed by atoms with Gasteiger partial charge in [0.25, 0.3) is 0 Å². The summed E-state index contributed by atoms with van der Waals surface area (Å²) in [5.74, 6) is -0.691. The molecule has 214 valence electrons. The van der Waals surface area contributed by atoms with Crippen molar-refractivity contribution >= 4 is 35.5 Å². The van der Waals surface area contributed by atoms with Crippen molar-refractivity contribution in [1.82, 2.24) is 26.3 Å². The standard InChI is InChI=1S/C26H39N7O6/c1-32(2)17-15-29-26(37)39-31-23(27)18-8-10-19(11-9-18)33-16-13-21(24(33)35)30-25(36)28-14-12-22(34)38-20-6-4-3-5-7-20/h8-11,20-21H,3-7,12-17H2,1-2H3,(H2,27,31)(H,29,37)(H2,28,30,36)/t21-/m0/s1. The van der Waals surface area contributed by atoms with E-state index in [-0.39, 0.29) is 36.8 Å². The zero-order valence-corrected chi connectivity index (χ0v) is 22.6. The summed E-state index contributed by atoms with van der Waals surface area (Å²) < 4.78 is 5.44. The zero-order chi connectivity index (χ0) is 28.2. The van der Waals surface area contributed by atoms with Crippen LogP contribution < -0.4 is 26.3 Å². The molecule has 5 N–H and O–H groups in total. The number of urea groups is 1. The van der Waals surface area contributed by atoms with Gasteiger partial charge in [-0.3, -0.25) is 15.0 Å². The Kier molecular flexibility index (Phi) is 11.3. The van der Waals surface area contributed by atoms with Crippen LogP contribution in [0.3, 0.4) is 0 Å². The second-order valence-corrected chi connectivity index (χ2v) is 9.87. The number of hydrogen-bond acceptors (Lipinski definition) is 8. The van der Waals surface area contributed by atoms with Gasteiger partial charge in [0.1, 0.15) is 12.1 Å². The molecular weight excluding hydrogens is 506 g/mol. The minimum atomic E-state index is -0.692. The van der Waals surface area contributed by atoms with Gasteiger partial charge in [0.05, 0.1) is 6.42 Å². The molecule has 0 radical (unpaired) electrons. The van der Waals surface area contributed by atoms with E-state index in [0.29, 0.717) is 37.3 Å². The maximum Gasteiger partial charge on any atom is 0.431 e. The van der Waals surface area contributed by atoms with E-state index in [9.17, 15) is 19.2 Å². The number of esters is 1. The van der Waals surface area contributed by atoms with Gasteiger partial charge in [-0.2, -0.15) is 5.48 Å². The molecule has 1 aromatic carbocycles. The van der Waals surface area contributed by atoms with Gasteiger partial charge in [-0.25, -0.2) is 9.59 Å². The molecule has 1 aliphatic heterocycles. The molecule has 1 aliphatic carbocycles. The second-order valence-electron chi connectivity index (χ2n) is 9.87. The van der Waals surface area contributed by atoms with Gasteiger partial charge in [-0.1, -0.05) is 6.42 Å². The van der Waals surface area contributed by atoms with E-state index in [2.05, 4.69) is 21.4 Å². The number of nitrogens with zero attached hydrogens (tertiary/aromatic N) is 2. The number of amides is 4. The second kappa shape index (κ2) is 14.9. The van der Waals surface area contributed by atoms with Gasteiger partial charge in [-0.05, 0) is 70.5 Å². The Labute approximate surface area is 228 Å². The number of amidine groups is 1. The number of anilines is 1. The smallest absolute Gasteiger partial charge is 0.431 e. The van der Waals surface area contributed by atoms with Crippen LogP contribution >= 0.6 is 0 Å². The van der Waals surface area contributed by atoms with Crippen LogP contribution in [0.4, 0.5) is 15.3 Å². The summed E-state index contributed by atoms with van der Waals surface area (Å²) in [5.41, 5.74) is 3.38. The lowest BCUT2D eigenvalue weighted by Crippen LogP contribution is -2.46. The highest BCUT2D eigenvalue weighted by Gasteiger charge is 2.33. The van der Waals surface area contributed by atoms with Crippen molar-refractivity contribution in [2.45, 2.75) is 57.1 Å². The number of rotatable bonds is 10. The molecule has 3 rings (SSSR count). The first-order chi connectivity index (χ1) is 18.7. The topological polar surface area (TPSA) is 165 Å². The average molecular weight is 546 g/mol. The van der Waals surface area contributed by atoms with Crippen LogP contribution in [0.1, 0.15) is 50.5 Å². The molecule has 2 fully saturated rings. The molecule has 0 aromatic heterocycles. The molecule has 1 saturated heterocycles. The van der Waals surface area contributed by atoms with Crippen molar-refractivity contribution in [3.63, 3.8) is 0 Å². The fourth-order valence-corrected chi connectivity index (χ4v) is 4.37. The molecule has 0 bridgehead atoms. The Hall–Kier alpha value is -3.87. The number of benzene rings is 1. The van der Waals surface area contributed by atoms with Gasteiger partial charge in [-0.15, -0.1) is 0 Å². The molecule has 0 spiro atoms. The highest BCUT2D eigenvalue weighted by atomic mass is 16.7. The fourth-order valence-electron chi connectivity index (χ4n) is 4.37. The SMILES string of the molecule is CN(C)CCNC(=O)ONC(=N)c1ccc(N2CC[C@H](NC(=O)NCCC(=O)OC3CCCCC3)C2=O)cc1. The number of nitrogens with one attached hydrogen (secondary N) is 5. The van der Waals surface area contributed by atoms with Crippen molar-refractivity contribution in [3.05, 3.63) is 29.8 Å². The maximum absolute atomic E-state index is 12.9. The first-order valence-electron chi connectivity index (χ1n) is 13.3. The number of ether oxygens (including phenoxy) is 1. The number of carbonyl (C=O) groups is 4.